The van der Waals surface area contributed by atoms with E-state index in [1.807, 2.05) is 6.07 Å². The van der Waals surface area contributed by atoms with Crippen LogP contribution in [0.3, 0.4) is 0 Å². The number of fused-ring (bicyclic) bond motifs is 1. The first-order valence-electron chi connectivity index (χ1n) is 9.40. The van der Waals surface area contributed by atoms with Crippen molar-refractivity contribution in [2.45, 2.75) is 45.6 Å². The molecule has 0 amide bonds. The van der Waals surface area contributed by atoms with Crippen LogP contribution >= 0.6 is 12.2 Å². The normalized spacial score (nSPS) is 14.0. The number of phenols is 2. The van der Waals surface area contributed by atoms with Gasteiger partial charge in [-0.15, -0.1) is 0 Å². The molecule has 0 radical (unpaired) electrons. The quantitative estimate of drug-likeness (QED) is 0.554. The summed E-state index contributed by atoms with van der Waals surface area (Å²) >= 11 is 5.55. The van der Waals surface area contributed by atoms with E-state index >= 15 is 0 Å². The molecule has 5 heteroatoms. The highest BCUT2D eigenvalue weighted by molar-refractivity contribution is 7.80. The molecule has 0 saturated heterocycles. The molecule has 0 atom stereocenters. The molecule has 2 aromatic rings. The van der Waals surface area contributed by atoms with E-state index in [1.54, 1.807) is 0 Å². The van der Waals surface area contributed by atoms with E-state index in [2.05, 4.69) is 55.3 Å². The van der Waals surface area contributed by atoms with E-state index < -0.39 is 0 Å². The van der Waals surface area contributed by atoms with Crippen molar-refractivity contribution in [3.63, 3.8) is 0 Å². The lowest BCUT2D eigenvalue weighted by atomic mass is 9.86. The van der Waals surface area contributed by atoms with E-state index in [-0.39, 0.29) is 16.9 Å². The number of hydrogen-bond acceptors (Lipinski definition) is 3. The molecule has 0 aromatic heterocycles. The Labute approximate surface area is 166 Å². The Balaban J connectivity index is 1.52. The molecule has 27 heavy (non-hydrogen) atoms. The van der Waals surface area contributed by atoms with Crippen molar-refractivity contribution in [1.29, 1.82) is 0 Å². The Morgan fingerprint density at radius 1 is 1.11 bits per heavy atom. The summed E-state index contributed by atoms with van der Waals surface area (Å²) in [5.41, 5.74) is 4.65. The number of benzene rings is 2. The molecule has 0 saturated carbocycles. The number of rotatable bonds is 3. The number of nitrogens with zero attached hydrogens (tertiary/aromatic N) is 1. The van der Waals surface area contributed by atoms with Crippen LogP contribution < -0.4 is 5.32 Å². The summed E-state index contributed by atoms with van der Waals surface area (Å²) in [7, 11) is 0. The van der Waals surface area contributed by atoms with E-state index in [9.17, 15) is 10.2 Å². The fourth-order valence-corrected chi connectivity index (χ4v) is 3.65. The minimum absolute atomic E-state index is 0.00438. The van der Waals surface area contributed by atoms with Crippen molar-refractivity contribution in [3.05, 3.63) is 58.7 Å². The maximum Gasteiger partial charge on any atom is 0.169 e. The highest BCUT2D eigenvalue weighted by Crippen LogP contribution is 2.34. The molecule has 0 spiro atoms. The first-order chi connectivity index (χ1) is 12.8. The molecule has 0 unspecified atom stereocenters. The fourth-order valence-electron chi connectivity index (χ4n) is 3.39. The van der Waals surface area contributed by atoms with Gasteiger partial charge in [0.1, 0.15) is 0 Å². The number of phenolic OH excluding ortho intramolecular Hbond substituents is 2. The van der Waals surface area contributed by atoms with Gasteiger partial charge in [-0.1, -0.05) is 51.1 Å². The highest BCUT2D eigenvalue weighted by Gasteiger charge is 2.22. The Bertz CT molecular complexity index is 825. The predicted molar refractivity (Wildman–Crippen MR) is 113 cm³/mol. The maximum absolute atomic E-state index is 9.99. The van der Waals surface area contributed by atoms with E-state index in [0.29, 0.717) is 13.0 Å². The summed E-state index contributed by atoms with van der Waals surface area (Å²) in [6, 6.07) is 12.2. The first kappa shape index (κ1) is 19.5. The van der Waals surface area contributed by atoms with Gasteiger partial charge in [-0.2, -0.15) is 0 Å². The third-order valence-electron chi connectivity index (χ3n) is 5.15. The topological polar surface area (TPSA) is 55.7 Å². The van der Waals surface area contributed by atoms with Crippen LogP contribution in [-0.4, -0.2) is 33.3 Å². The van der Waals surface area contributed by atoms with Crippen molar-refractivity contribution >= 4 is 17.3 Å². The molecule has 1 aliphatic heterocycles. The highest BCUT2D eigenvalue weighted by atomic mass is 32.1. The molecule has 0 bridgehead atoms. The number of aromatic hydroxyl groups is 2. The summed E-state index contributed by atoms with van der Waals surface area (Å²) in [4.78, 5) is 2.11. The van der Waals surface area contributed by atoms with Gasteiger partial charge in [0, 0.05) is 25.2 Å². The van der Waals surface area contributed by atoms with Crippen LogP contribution in [0.4, 0.5) is 0 Å². The zero-order chi connectivity index (χ0) is 19.6. The Kier molecular flexibility index (Phi) is 5.61. The maximum atomic E-state index is 9.99. The van der Waals surface area contributed by atoms with Crippen molar-refractivity contribution in [2.24, 2.45) is 0 Å². The number of thiocarbonyl (C=S) groups is 1. The third-order valence-corrected chi connectivity index (χ3v) is 5.55. The van der Waals surface area contributed by atoms with Gasteiger partial charge in [0.2, 0.25) is 0 Å². The Hall–Kier alpha value is -2.27. The monoisotopic (exact) mass is 384 g/mol. The molecule has 144 valence electrons. The predicted octanol–water partition coefficient (Wildman–Crippen LogP) is 3.87. The number of hydrogen-bond donors (Lipinski definition) is 3. The van der Waals surface area contributed by atoms with Gasteiger partial charge in [0.15, 0.2) is 16.6 Å². The van der Waals surface area contributed by atoms with Crippen molar-refractivity contribution < 1.29 is 10.2 Å². The van der Waals surface area contributed by atoms with E-state index in [1.165, 1.54) is 17.2 Å². The molecule has 2 aromatic carbocycles. The minimum atomic E-state index is -0.0552. The SMILES string of the molecule is CC(C)(C)c1ccc(CCNC(=S)N2CCc3c(ccc(O)c3O)C2)cc1. The standard InChI is InChI=1S/C22H28N2O2S/c1-22(2,3)17-7-4-15(5-8-17)10-12-23-21(27)24-13-11-18-16(14-24)6-9-19(25)20(18)26/h4-9,25-26H,10-14H2,1-3H3,(H,23,27). The molecular formula is C22H28N2O2S. The fraction of sp³-hybridized carbons (Fsp3) is 0.409. The van der Waals surface area contributed by atoms with Gasteiger partial charge < -0.3 is 20.4 Å². The molecule has 0 aliphatic carbocycles. The smallest absolute Gasteiger partial charge is 0.169 e. The van der Waals surface area contributed by atoms with Gasteiger partial charge in [-0.3, -0.25) is 0 Å². The van der Waals surface area contributed by atoms with Crippen LogP contribution in [0, 0.1) is 0 Å². The van der Waals surface area contributed by atoms with Crippen LogP contribution in [0.5, 0.6) is 11.5 Å². The zero-order valence-corrected chi connectivity index (χ0v) is 17.1. The molecule has 4 nitrogen and oxygen atoms in total. The molecular weight excluding hydrogens is 356 g/mol. The largest absolute Gasteiger partial charge is 0.504 e. The Morgan fingerprint density at radius 2 is 1.81 bits per heavy atom. The number of nitrogens with one attached hydrogen (secondary N) is 1. The second kappa shape index (κ2) is 7.77. The summed E-state index contributed by atoms with van der Waals surface area (Å²) in [5, 5.41) is 23.7. The lowest BCUT2D eigenvalue weighted by Gasteiger charge is -2.31. The van der Waals surface area contributed by atoms with Crippen LogP contribution in [0.2, 0.25) is 0 Å². The average Bonchev–Trinajstić information content (AvgIpc) is 2.64. The molecule has 1 heterocycles. The lowest BCUT2D eigenvalue weighted by Crippen LogP contribution is -2.43. The first-order valence-corrected chi connectivity index (χ1v) is 9.81. The van der Waals surface area contributed by atoms with E-state index in [0.717, 1.165) is 35.7 Å². The van der Waals surface area contributed by atoms with Gasteiger partial charge in [0.25, 0.3) is 0 Å². The summed E-state index contributed by atoms with van der Waals surface area (Å²) in [5.74, 6) is -0.0508. The van der Waals surface area contributed by atoms with Crippen LogP contribution in [0.1, 0.15) is 43.0 Å². The second-order valence-corrected chi connectivity index (χ2v) is 8.56. The molecule has 3 rings (SSSR count). The molecule has 1 aliphatic rings. The summed E-state index contributed by atoms with van der Waals surface area (Å²) in [6.07, 6.45) is 1.59. The zero-order valence-electron chi connectivity index (χ0n) is 16.2. The van der Waals surface area contributed by atoms with Gasteiger partial charge in [-0.05, 0) is 53.2 Å². The van der Waals surface area contributed by atoms with Crippen LogP contribution in [0.25, 0.3) is 0 Å². The molecule has 0 fully saturated rings. The Morgan fingerprint density at radius 3 is 2.48 bits per heavy atom. The second-order valence-electron chi connectivity index (χ2n) is 8.17. The van der Waals surface area contributed by atoms with Crippen molar-refractivity contribution in [2.75, 3.05) is 13.1 Å². The van der Waals surface area contributed by atoms with Gasteiger partial charge >= 0.3 is 0 Å². The van der Waals surface area contributed by atoms with E-state index in [4.69, 9.17) is 12.2 Å². The van der Waals surface area contributed by atoms with Crippen molar-refractivity contribution in [1.82, 2.24) is 10.2 Å². The van der Waals surface area contributed by atoms with Gasteiger partial charge in [-0.25, -0.2) is 0 Å². The van der Waals surface area contributed by atoms with Crippen LogP contribution in [-0.2, 0) is 24.8 Å². The lowest BCUT2D eigenvalue weighted by molar-refractivity contribution is 0.363. The van der Waals surface area contributed by atoms with Gasteiger partial charge in [0.05, 0.1) is 0 Å². The summed E-state index contributed by atoms with van der Waals surface area (Å²) < 4.78 is 0. The average molecular weight is 385 g/mol. The minimum Gasteiger partial charge on any atom is -0.504 e. The summed E-state index contributed by atoms with van der Waals surface area (Å²) in [6.45, 7) is 8.84. The van der Waals surface area contributed by atoms with Crippen LogP contribution in [0.15, 0.2) is 36.4 Å². The van der Waals surface area contributed by atoms with Crippen molar-refractivity contribution in [3.8, 4) is 11.5 Å². The molecule has 3 N–H and O–H groups in total. The third kappa shape index (κ3) is 4.53.